The van der Waals surface area contributed by atoms with E-state index in [1.54, 1.807) is 14.2 Å². The molecule has 0 heterocycles. The lowest BCUT2D eigenvalue weighted by Gasteiger charge is -2.15. The van der Waals surface area contributed by atoms with Crippen molar-refractivity contribution in [2.75, 3.05) is 40.5 Å². The van der Waals surface area contributed by atoms with Gasteiger partial charge in [0, 0.05) is 33.2 Å². The molecule has 1 amide bonds. The van der Waals surface area contributed by atoms with Crippen molar-refractivity contribution in [2.45, 2.75) is 19.4 Å². The third-order valence-electron chi connectivity index (χ3n) is 2.17. The quantitative estimate of drug-likeness (QED) is 0.135. The molecule has 0 aromatic heterocycles. The average Bonchev–Trinajstić information content (AvgIpc) is 2.38. The number of aliphatic imine (C=N–C) groups is 1. The number of carbonyl (C=O) groups excluding carboxylic acids is 1. The minimum absolute atomic E-state index is 0.0675. The van der Waals surface area contributed by atoms with Crippen molar-refractivity contribution in [3.8, 4) is 0 Å². The maximum atomic E-state index is 11.4. The zero-order valence-electron chi connectivity index (χ0n) is 11.9. The van der Waals surface area contributed by atoms with Gasteiger partial charge in [-0.25, -0.2) is 5.84 Å². The van der Waals surface area contributed by atoms with Crippen LogP contribution in [0.15, 0.2) is 4.99 Å². The summed E-state index contributed by atoms with van der Waals surface area (Å²) in [5.74, 6) is 5.70. The third kappa shape index (κ3) is 10.2. The second kappa shape index (κ2) is 11.7. The molecular formula is C11H25N5O3. The highest BCUT2D eigenvalue weighted by Gasteiger charge is 2.04. The SMILES string of the molecule is COCCNC(=O)CCN=C(NN)NC(C)COC. The van der Waals surface area contributed by atoms with Gasteiger partial charge in [0.1, 0.15) is 0 Å². The van der Waals surface area contributed by atoms with Gasteiger partial charge in [-0.05, 0) is 6.92 Å². The largest absolute Gasteiger partial charge is 0.383 e. The van der Waals surface area contributed by atoms with Crippen molar-refractivity contribution in [3.63, 3.8) is 0 Å². The van der Waals surface area contributed by atoms with Crippen molar-refractivity contribution in [3.05, 3.63) is 0 Å². The Morgan fingerprint density at radius 3 is 2.68 bits per heavy atom. The molecule has 0 aliphatic heterocycles. The number of carbonyl (C=O) groups is 1. The van der Waals surface area contributed by atoms with E-state index in [-0.39, 0.29) is 11.9 Å². The van der Waals surface area contributed by atoms with Crippen LogP contribution in [0.1, 0.15) is 13.3 Å². The summed E-state index contributed by atoms with van der Waals surface area (Å²) in [7, 11) is 3.21. The Balaban J connectivity index is 3.89. The molecule has 0 aliphatic rings. The van der Waals surface area contributed by atoms with E-state index < -0.39 is 0 Å². The van der Waals surface area contributed by atoms with Gasteiger partial charge in [-0.1, -0.05) is 0 Å². The number of amides is 1. The number of nitrogens with zero attached hydrogens (tertiary/aromatic N) is 1. The van der Waals surface area contributed by atoms with Crippen LogP contribution in [-0.4, -0.2) is 58.4 Å². The van der Waals surface area contributed by atoms with Gasteiger partial charge in [-0.3, -0.25) is 15.2 Å². The van der Waals surface area contributed by atoms with Crippen LogP contribution in [0.4, 0.5) is 0 Å². The molecule has 112 valence electrons. The molecule has 0 saturated carbocycles. The van der Waals surface area contributed by atoms with Crippen molar-refractivity contribution in [1.29, 1.82) is 0 Å². The Morgan fingerprint density at radius 2 is 2.11 bits per heavy atom. The van der Waals surface area contributed by atoms with Crippen molar-refractivity contribution in [1.82, 2.24) is 16.1 Å². The van der Waals surface area contributed by atoms with Gasteiger partial charge in [0.15, 0.2) is 0 Å². The van der Waals surface area contributed by atoms with Crippen LogP contribution in [0.5, 0.6) is 0 Å². The van der Waals surface area contributed by atoms with Gasteiger partial charge in [-0.2, -0.15) is 0 Å². The predicted octanol–water partition coefficient (Wildman–Crippen LogP) is -1.42. The van der Waals surface area contributed by atoms with Crippen LogP contribution < -0.4 is 21.9 Å². The topological polar surface area (TPSA) is 110 Å². The van der Waals surface area contributed by atoms with Crippen molar-refractivity contribution in [2.24, 2.45) is 10.8 Å². The first-order chi connectivity index (χ1) is 9.13. The van der Waals surface area contributed by atoms with E-state index >= 15 is 0 Å². The fourth-order valence-electron chi connectivity index (χ4n) is 1.31. The second-order valence-electron chi connectivity index (χ2n) is 3.97. The molecule has 0 saturated heterocycles. The number of methoxy groups -OCH3 is 2. The minimum Gasteiger partial charge on any atom is -0.383 e. The molecule has 0 radical (unpaired) electrons. The third-order valence-corrected chi connectivity index (χ3v) is 2.17. The number of hydrogen-bond donors (Lipinski definition) is 4. The number of nitrogens with two attached hydrogens (primary N) is 1. The van der Waals surface area contributed by atoms with E-state index in [9.17, 15) is 4.79 Å². The fourth-order valence-corrected chi connectivity index (χ4v) is 1.31. The first kappa shape index (κ1) is 17.6. The maximum absolute atomic E-state index is 11.4. The normalized spacial score (nSPS) is 12.9. The van der Waals surface area contributed by atoms with Crippen molar-refractivity contribution >= 4 is 11.9 Å². The number of guanidine groups is 1. The molecule has 1 unspecified atom stereocenters. The average molecular weight is 275 g/mol. The molecule has 0 fully saturated rings. The molecule has 8 nitrogen and oxygen atoms in total. The van der Waals surface area contributed by atoms with E-state index in [4.69, 9.17) is 15.3 Å². The lowest BCUT2D eigenvalue weighted by atomic mass is 10.4. The fraction of sp³-hybridized carbons (Fsp3) is 0.818. The maximum Gasteiger partial charge on any atom is 0.221 e. The monoisotopic (exact) mass is 275 g/mol. The van der Waals surface area contributed by atoms with Crippen LogP contribution in [-0.2, 0) is 14.3 Å². The Morgan fingerprint density at radius 1 is 1.37 bits per heavy atom. The molecule has 0 spiro atoms. The van der Waals surface area contributed by atoms with Crippen molar-refractivity contribution < 1.29 is 14.3 Å². The van der Waals surface area contributed by atoms with Crippen LogP contribution in [0.2, 0.25) is 0 Å². The van der Waals surface area contributed by atoms with Gasteiger partial charge < -0.3 is 20.1 Å². The first-order valence-electron chi connectivity index (χ1n) is 6.16. The van der Waals surface area contributed by atoms with E-state index in [1.807, 2.05) is 6.92 Å². The molecule has 0 aliphatic carbocycles. The van der Waals surface area contributed by atoms with Crippen LogP contribution >= 0.6 is 0 Å². The summed E-state index contributed by atoms with van der Waals surface area (Å²) in [6, 6.07) is 0.0790. The van der Waals surface area contributed by atoms with E-state index in [1.165, 1.54) is 0 Å². The van der Waals surface area contributed by atoms with Gasteiger partial charge in [0.05, 0.1) is 19.8 Å². The van der Waals surface area contributed by atoms with Crippen LogP contribution in [0, 0.1) is 0 Å². The lowest BCUT2D eigenvalue weighted by molar-refractivity contribution is -0.121. The summed E-state index contributed by atoms with van der Waals surface area (Å²) >= 11 is 0. The summed E-state index contributed by atoms with van der Waals surface area (Å²) in [4.78, 5) is 15.5. The Bertz CT molecular complexity index is 273. The zero-order valence-corrected chi connectivity index (χ0v) is 11.9. The molecular weight excluding hydrogens is 250 g/mol. The zero-order chi connectivity index (χ0) is 14.5. The predicted molar refractivity (Wildman–Crippen MR) is 73.6 cm³/mol. The molecule has 19 heavy (non-hydrogen) atoms. The van der Waals surface area contributed by atoms with Crippen LogP contribution in [0.3, 0.4) is 0 Å². The molecule has 5 N–H and O–H groups in total. The number of ether oxygens (including phenoxy) is 2. The number of hydrazine groups is 1. The van der Waals surface area contributed by atoms with E-state index in [2.05, 4.69) is 21.1 Å². The summed E-state index contributed by atoms with van der Waals surface area (Å²) in [6.45, 7) is 3.84. The van der Waals surface area contributed by atoms with Gasteiger partial charge in [0.25, 0.3) is 0 Å². The lowest BCUT2D eigenvalue weighted by Crippen LogP contribution is -2.47. The number of rotatable bonds is 9. The molecule has 0 aromatic rings. The first-order valence-corrected chi connectivity index (χ1v) is 6.16. The summed E-state index contributed by atoms with van der Waals surface area (Å²) in [5.41, 5.74) is 2.45. The Labute approximate surface area is 114 Å². The highest BCUT2D eigenvalue weighted by Crippen LogP contribution is 1.85. The number of hydrogen-bond acceptors (Lipinski definition) is 5. The molecule has 1 atom stereocenters. The number of nitrogens with one attached hydrogen (secondary N) is 3. The highest BCUT2D eigenvalue weighted by atomic mass is 16.5. The van der Waals surface area contributed by atoms with Gasteiger partial charge in [-0.15, -0.1) is 0 Å². The Hall–Kier alpha value is -1.38. The molecule has 0 bridgehead atoms. The standard InChI is InChI=1S/C11H25N5O3/c1-9(8-19-3)15-11(16-12)14-5-4-10(17)13-6-7-18-2/h9H,4-8,12H2,1-3H3,(H,13,17)(H2,14,15,16). The van der Waals surface area contributed by atoms with Gasteiger partial charge >= 0.3 is 0 Å². The smallest absolute Gasteiger partial charge is 0.221 e. The Kier molecular flexibility index (Phi) is 10.8. The highest BCUT2D eigenvalue weighted by molar-refractivity contribution is 5.80. The molecule has 8 heteroatoms. The summed E-state index contributed by atoms with van der Waals surface area (Å²) in [6.07, 6.45) is 0.301. The molecule has 0 rings (SSSR count). The second-order valence-corrected chi connectivity index (χ2v) is 3.97. The summed E-state index contributed by atoms with van der Waals surface area (Å²) < 4.78 is 9.81. The van der Waals surface area contributed by atoms with E-state index in [0.717, 1.165) is 0 Å². The van der Waals surface area contributed by atoms with Gasteiger partial charge in [0.2, 0.25) is 11.9 Å². The van der Waals surface area contributed by atoms with E-state index in [0.29, 0.717) is 38.7 Å². The van der Waals surface area contributed by atoms with Crippen LogP contribution in [0.25, 0.3) is 0 Å². The minimum atomic E-state index is -0.0675. The molecule has 0 aromatic carbocycles. The summed E-state index contributed by atoms with van der Waals surface area (Å²) in [5, 5.41) is 5.74.